The first-order valence-electron chi connectivity index (χ1n) is 24.0. The van der Waals surface area contributed by atoms with Crippen LogP contribution in [-0.4, -0.2) is 37.2 Å². The van der Waals surface area contributed by atoms with E-state index in [0.717, 1.165) is 109 Å². The molecule has 0 amide bonds. The van der Waals surface area contributed by atoms with Gasteiger partial charge in [-0.3, -0.25) is 14.4 Å². The summed E-state index contributed by atoms with van der Waals surface area (Å²) in [4.78, 5) is 37.8. The van der Waals surface area contributed by atoms with Gasteiger partial charge in [-0.05, 0) is 109 Å². The first kappa shape index (κ1) is 58.0. The molecular formula is C57H84O6. The van der Waals surface area contributed by atoms with Crippen LogP contribution < -0.4 is 0 Å². The van der Waals surface area contributed by atoms with Crippen LogP contribution in [0.15, 0.2) is 158 Å². The Labute approximate surface area is 384 Å². The molecule has 0 heterocycles. The summed E-state index contributed by atoms with van der Waals surface area (Å²) in [5.74, 6) is -1.21. The van der Waals surface area contributed by atoms with E-state index in [1.54, 1.807) is 6.08 Å². The van der Waals surface area contributed by atoms with Gasteiger partial charge in [0.05, 0.1) is 6.42 Å². The maximum atomic E-state index is 12.7. The highest BCUT2D eigenvalue weighted by Gasteiger charge is 2.19. The van der Waals surface area contributed by atoms with E-state index in [1.807, 2.05) is 18.2 Å². The zero-order valence-corrected chi connectivity index (χ0v) is 39.5. The van der Waals surface area contributed by atoms with E-state index in [2.05, 4.69) is 154 Å². The Morgan fingerprint density at radius 2 is 0.651 bits per heavy atom. The number of hydrogen-bond acceptors (Lipinski definition) is 6. The molecule has 0 saturated carbocycles. The smallest absolute Gasteiger partial charge is 0.310 e. The SMILES string of the molecule is CC/C=C\C/C=C\C/C=C\C/C=C\C/C=C\CC(=O)OC(COC(=O)CC/C=C\C/C=C\C/C=C\C/C=C\CC)COC(=O)CCCCCC/C=C\C/C=C\C/C=C\C/C=C\CC. The molecule has 6 nitrogen and oxygen atoms in total. The minimum atomic E-state index is -0.878. The molecule has 0 fully saturated rings. The molecular weight excluding hydrogens is 781 g/mol. The van der Waals surface area contributed by atoms with Gasteiger partial charge in [0.25, 0.3) is 0 Å². The van der Waals surface area contributed by atoms with Crippen molar-refractivity contribution in [2.24, 2.45) is 0 Å². The molecule has 1 unspecified atom stereocenters. The zero-order valence-electron chi connectivity index (χ0n) is 39.5. The van der Waals surface area contributed by atoms with Crippen molar-refractivity contribution in [3.63, 3.8) is 0 Å². The third-order valence-electron chi connectivity index (χ3n) is 9.06. The highest BCUT2D eigenvalue weighted by molar-refractivity contribution is 5.72. The predicted octanol–water partition coefficient (Wildman–Crippen LogP) is 15.9. The average Bonchev–Trinajstić information content (AvgIpc) is 3.28. The highest BCUT2D eigenvalue weighted by Crippen LogP contribution is 2.09. The molecule has 0 aromatic rings. The molecule has 63 heavy (non-hydrogen) atoms. The normalized spacial score (nSPS) is 13.5. The van der Waals surface area contributed by atoms with Gasteiger partial charge in [0.15, 0.2) is 6.10 Å². The summed E-state index contributed by atoms with van der Waals surface area (Å²) >= 11 is 0. The molecule has 0 aromatic carbocycles. The highest BCUT2D eigenvalue weighted by atomic mass is 16.6. The Bertz CT molecular complexity index is 1510. The number of esters is 3. The molecule has 348 valence electrons. The van der Waals surface area contributed by atoms with E-state index in [4.69, 9.17) is 14.2 Å². The number of unbranched alkanes of at least 4 members (excludes halogenated alkanes) is 4. The number of carbonyl (C=O) groups excluding carboxylic acids is 3. The molecule has 0 bridgehead atoms. The summed E-state index contributed by atoms with van der Waals surface area (Å²) in [6.45, 7) is 6.08. The van der Waals surface area contributed by atoms with Crippen LogP contribution in [0.5, 0.6) is 0 Å². The second-order valence-corrected chi connectivity index (χ2v) is 14.9. The Kier molecular flexibility index (Phi) is 45.8. The average molecular weight is 865 g/mol. The number of ether oxygens (including phenoxy) is 3. The van der Waals surface area contributed by atoms with Crippen LogP contribution in [0.4, 0.5) is 0 Å². The summed E-state index contributed by atoms with van der Waals surface area (Å²) in [6, 6.07) is 0. The van der Waals surface area contributed by atoms with Crippen molar-refractivity contribution in [1.82, 2.24) is 0 Å². The first-order chi connectivity index (χ1) is 31.0. The van der Waals surface area contributed by atoms with Gasteiger partial charge >= 0.3 is 17.9 Å². The van der Waals surface area contributed by atoms with Crippen LogP contribution in [0.1, 0.15) is 162 Å². The summed E-state index contributed by atoms with van der Waals surface area (Å²) in [5.41, 5.74) is 0. The standard InChI is InChI=1S/C57H84O6/c1-4-7-10-13-16-19-22-25-27-28-30-32-35-38-41-44-47-50-56(59)62-53-54(52-61-55(58)49-46-43-40-37-34-31-24-21-18-15-12-9-6-3)63-57(60)51-48-45-42-39-36-33-29-26-23-20-17-14-11-8-5-2/h7-12,16-21,25-27,29-32,34,36,39-40,43,45,48,54H,4-6,13-15,22-24,28,33,35,37-38,41-42,44,46-47,49-53H2,1-3H3/b10-7-,11-8-,12-9-,19-16-,20-17-,21-18-,27-25-,29-26-,32-30-,34-31-,39-36-,43-40-,48-45-. The number of allylic oxidation sites excluding steroid dienone is 25. The van der Waals surface area contributed by atoms with Crippen molar-refractivity contribution >= 4 is 17.9 Å². The van der Waals surface area contributed by atoms with Crippen molar-refractivity contribution < 1.29 is 28.6 Å². The Morgan fingerprint density at radius 3 is 1.05 bits per heavy atom. The molecule has 0 saturated heterocycles. The lowest BCUT2D eigenvalue weighted by Crippen LogP contribution is -2.30. The Balaban J connectivity index is 4.68. The molecule has 0 aliphatic carbocycles. The van der Waals surface area contributed by atoms with E-state index in [9.17, 15) is 14.4 Å². The molecule has 6 heteroatoms. The van der Waals surface area contributed by atoms with E-state index >= 15 is 0 Å². The number of carbonyl (C=O) groups is 3. The van der Waals surface area contributed by atoms with Crippen molar-refractivity contribution in [2.45, 2.75) is 168 Å². The summed E-state index contributed by atoms with van der Waals surface area (Å²) in [5, 5.41) is 0. The third-order valence-corrected chi connectivity index (χ3v) is 9.06. The molecule has 0 rings (SSSR count). The largest absolute Gasteiger partial charge is 0.462 e. The van der Waals surface area contributed by atoms with Gasteiger partial charge in [0.1, 0.15) is 13.2 Å². The molecule has 0 aromatic heterocycles. The van der Waals surface area contributed by atoms with Crippen LogP contribution in [0.2, 0.25) is 0 Å². The minimum absolute atomic E-state index is 0.0681. The molecule has 0 aliphatic heterocycles. The lowest BCUT2D eigenvalue weighted by atomic mass is 10.1. The maximum Gasteiger partial charge on any atom is 0.310 e. The second-order valence-electron chi connectivity index (χ2n) is 14.9. The molecule has 0 radical (unpaired) electrons. The van der Waals surface area contributed by atoms with Crippen LogP contribution >= 0.6 is 0 Å². The third kappa shape index (κ3) is 47.9. The monoisotopic (exact) mass is 865 g/mol. The lowest BCUT2D eigenvalue weighted by Gasteiger charge is -2.18. The molecule has 0 aliphatic rings. The fourth-order valence-electron chi connectivity index (χ4n) is 5.58. The number of rotatable bonds is 40. The predicted molar refractivity (Wildman–Crippen MR) is 269 cm³/mol. The quantitative estimate of drug-likeness (QED) is 0.0264. The molecule has 0 spiro atoms. The number of hydrogen-bond donors (Lipinski definition) is 0. The van der Waals surface area contributed by atoms with Gasteiger partial charge < -0.3 is 14.2 Å². The van der Waals surface area contributed by atoms with Gasteiger partial charge in [-0.15, -0.1) is 0 Å². The fraction of sp³-hybridized carbons (Fsp3) is 0.491. The van der Waals surface area contributed by atoms with Gasteiger partial charge in [0, 0.05) is 12.8 Å². The molecule has 1 atom stereocenters. The van der Waals surface area contributed by atoms with Crippen LogP contribution in [0.25, 0.3) is 0 Å². The lowest BCUT2D eigenvalue weighted by molar-refractivity contribution is -0.166. The van der Waals surface area contributed by atoms with Gasteiger partial charge in [-0.1, -0.05) is 192 Å². The minimum Gasteiger partial charge on any atom is -0.462 e. The fourth-order valence-corrected chi connectivity index (χ4v) is 5.58. The first-order valence-corrected chi connectivity index (χ1v) is 24.0. The maximum absolute atomic E-state index is 12.7. The summed E-state index contributed by atoms with van der Waals surface area (Å²) < 4.78 is 16.5. The second kappa shape index (κ2) is 49.7. The van der Waals surface area contributed by atoms with Crippen molar-refractivity contribution in [1.29, 1.82) is 0 Å². The van der Waals surface area contributed by atoms with Crippen LogP contribution in [-0.2, 0) is 28.6 Å². The zero-order chi connectivity index (χ0) is 45.8. The van der Waals surface area contributed by atoms with E-state index in [-0.39, 0.29) is 32.0 Å². The topological polar surface area (TPSA) is 78.9 Å². The summed E-state index contributed by atoms with van der Waals surface area (Å²) in [7, 11) is 0. The summed E-state index contributed by atoms with van der Waals surface area (Å²) in [6.07, 6.45) is 72.6. The van der Waals surface area contributed by atoms with E-state index in [0.29, 0.717) is 19.3 Å². The van der Waals surface area contributed by atoms with Gasteiger partial charge in [-0.2, -0.15) is 0 Å². The van der Waals surface area contributed by atoms with E-state index in [1.165, 1.54) is 0 Å². The van der Waals surface area contributed by atoms with Crippen molar-refractivity contribution in [3.8, 4) is 0 Å². The van der Waals surface area contributed by atoms with Gasteiger partial charge in [-0.25, -0.2) is 0 Å². The van der Waals surface area contributed by atoms with Crippen molar-refractivity contribution in [3.05, 3.63) is 158 Å². The van der Waals surface area contributed by atoms with E-state index < -0.39 is 18.0 Å². The van der Waals surface area contributed by atoms with Crippen LogP contribution in [0.3, 0.4) is 0 Å². The molecule has 0 N–H and O–H groups in total. The van der Waals surface area contributed by atoms with Crippen LogP contribution in [0, 0.1) is 0 Å². The Morgan fingerprint density at radius 1 is 0.333 bits per heavy atom. The van der Waals surface area contributed by atoms with Crippen molar-refractivity contribution in [2.75, 3.05) is 13.2 Å². The van der Waals surface area contributed by atoms with Gasteiger partial charge in [0.2, 0.25) is 0 Å². The Hall–Kier alpha value is -4.97.